The molecule has 0 aliphatic heterocycles. The minimum Gasteiger partial charge on any atom is -0.382 e. The number of aryl methyl sites for hydroxylation is 1. The van der Waals surface area contributed by atoms with E-state index >= 15 is 0 Å². The van der Waals surface area contributed by atoms with Crippen LogP contribution < -0.4 is 5.32 Å². The number of nitro benzene ring substituents is 1. The van der Waals surface area contributed by atoms with Gasteiger partial charge >= 0.3 is 0 Å². The van der Waals surface area contributed by atoms with Crippen molar-refractivity contribution in [2.45, 2.75) is 6.92 Å². The third-order valence-corrected chi connectivity index (χ3v) is 2.09. The van der Waals surface area contributed by atoms with Crippen molar-refractivity contribution in [3.63, 3.8) is 0 Å². The summed E-state index contributed by atoms with van der Waals surface area (Å²) in [6.07, 6.45) is 1.62. The molecule has 0 amide bonds. The van der Waals surface area contributed by atoms with Crippen LogP contribution in [0.5, 0.6) is 0 Å². The first kappa shape index (κ1) is 10.2. The molecule has 0 bridgehead atoms. The van der Waals surface area contributed by atoms with Crippen molar-refractivity contribution < 1.29 is 4.92 Å². The molecule has 0 heterocycles. The van der Waals surface area contributed by atoms with Gasteiger partial charge < -0.3 is 5.32 Å². The molecular formula is C10H12N2O2. The molecule has 74 valence electrons. The van der Waals surface area contributed by atoms with E-state index in [1.54, 1.807) is 19.2 Å². The molecule has 0 saturated carbocycles. The summed E-state index contributed by atoms with van der Waals surface area (Å²) in [6.45, 7) is 5.53. The maximum Gasteiger partial charge on any atom is 0.292 e. The molecule has 0 unspecified atom stereocenters. The predicted octanol–water partition coefficient (Wildman–Crippen LogP) is 2.59. The van der Waals surface area contributed by atoms with Crippen LogP contribution in [0.3, 0.4) is 0 Å². The molecule has 1 rings (SSSR count). The second kappa shape index (κ2) is 3.91. The third kappa shape index (κ3) is 1.59. The van der Waals surface area contributed by atoms with E-state index in [2.05, 4.69) is 11.9 Å². The standard InChI is InChI=1S/C10H12N2O2/c1-4-8-7(2)5-6-9(12(13)14)10(8)11-3/h4-6,11H,1H2,2-3H3. The van der Waals surface area contributed by atoms with Crippen LogP contribution in [-0.2, 0) is 0 Å². The number of hydrogen-bond acceptors (Lipinski definition) is 3. The van der Waals surface area contributed by atoms with Crippen LogP contribution in [0, 0.1) is 17.0 Å². The van der Waals surface area contributed by atoms with Crippen LogP contribution in [0.15, 0.2) is 18.7 Å². The third-order valence-electron chi connectivity index (χ3n) is 2.09. The topological polar surface area (TPSA) is 55.2 Å². The van der Waals surface area contributed by atoms with Gasteiger partial charge in [-0.2, -0.15) is 0 Å². The molecule has 1 N–H and O–H groups in total. The van der Waals surface area contributed by atoms with Gasteiger partial charge in [-0.25, -0.2) is 0 Å². The van der Waals surface area contributed by atoms with Gasteiger partial charge in [0.25, 0.3) is 5.69 Å². The monoisotopic (exact) mass is 192 g/mol. The molecule has 0 aliphatic rings. The van der Waals surface area contributed by atoms with E-state index in [0.29, 0.717) is 5.69 Å². The van der Waals surface area contributed by atoms with Gasteiger partial charge in [-0.15, -0.1) is 0 Å². The van der Waals surface area contributed by atoms with Crippen LogP contribution in [0.25, 0.3) is 6.08 Å². The van der Waals surface area contributed by atoms with E-state index in [0.717, 1.165) is 11.1 Å². The zero-order valence-corrected chi connectivity index (χ0v) is 8.20. The Morgan fingerprint density at radius 2 is 2.21 bits per heavy atom. The van der Waals surface area contributed by atoms with Crippen LogP contribution in [0.2, 0.25) is 0 Å². The molecule has 0 atom stereocenters. The second-order valence-electron chi connectivity index (χ2n) is 2.90. The number of nitrogens with zero attached hydrogens (tertiary/aromatic N) is 1. The van der Waals surface area contributed by atoms with E-state index < -0.39 is 4.92 Å². The minimum absolute atomic E-state index is 0.0769. The van der Waals surface area contributed by atoms with E-state index in [4.69, 9.17) is 0 Å². The fraction of sp³-hybridized carbons (Fsp3) is 0.200. The fourth-order valence-corrected chi connectivity index (χ4v) is 1.39. The van der Waals surface area contributed by atoms with Gasteiger partial charge in [0.05, 0.1) is 4.92 Å². The van der Waals surface area contributed by atoms with E-state index in [-0.39, 0.29) is 5.69 Å². The average molecular weight is 192 g/mol. The summed E-state index contributed by atoms with van der Waals surface area (Å²) in [7, 11) is 1.66. The number of benzene rings is 1. The zero-order valence-electron chi connectivity index (χ0n) is 8.20. The molecule has 14 heavy (non-hydrogen) atoms. The second-order valence-corrected chi connectivity index (χ2v) is 2.90. The number of nitro groups is 1. The van der Waals surface area contributed by atoms with Gasteiger partial charge in [0, 0.05) is 18.7 Å². The lowest BCUT2D eigenvalue weighted by Crippen LogP contribution is -2.00. The molecule has 0 aliphatic carbocycles. The highest BCUT2D eigenvalue weighted by Gasteiger charge is 2.16. The number of hydrogen-bond donors (Lipinski definition) is 1. The lowest BCUT2D eigenvalue weighted by Gasteiger charge is -2.08. The largest absolute Gasteiger partial charge is 0.382 e. The summed E-state index contributed by atoms with van der Waals surface area (Å²) in [5.74, 6) is 0. The Morgan fingerprint density at radius 3 is 2.64 bits per heavy atom. The van der Waals surface area contributed by atoms with E-state index in [9.17, 15) is 10.1 Å². The quantitative estimate of drug-likeness (QED) is 0.591. The van der Waals surface area contributed by atoms with Crippen molar-refractivity contribution in [2.75, 3.05) is 12.4 Å². The smallest absolute Gasteiger partial charge is 0.292 e. The molecule has 0 radical (unpaired) electrons. The minimum atomic E-state index is -0.404. The highest BCUT2D eigenvalue weighted by Crippen LogP contribution is 2.30. The Hall–Kier alpha value is -1.84. The van der Waals surface area contributed by atoms with Crippen LogP contribution >= 0.6 is 0 Å². The Bertz CT molecular complexity index is 386. The van der Waals surface area contributed by atoms with Crippen LogP contribution in [0.4, 0.5) is 11.4 Å². The summed E-state index contributed by atoms with van der Waals surface area (Å²) in [5.41, 5.74) is 2.34. The predicted molar refractivity (Wildman–Crippen MR) is 57.5 cm³/mol. The maximum absolute atomic E-state index is 10.7. The molecule has 0 aromatic heterocycles. The van der Waals surface area contributed by atoms with Gasteiger partial charge in [0.1, 0.15) is 5.69 Å². The highest BCUT2D eigenvalue weighted by molar-refractivity contribution is 5.76. The molecule has 1 aromatic carbocycles. The van der Waals surface area contributed by atoms with E-state index in [1.165, 1.54) is 6.07 Å². The van der Waals surface area contributed by atoms with Crippen LogP contribution in [-0.4, -0.2) is 12.0 Å². The molecule has 4 nitrogen and oxygen atoms in total. The number of anilines is 1. The molecule has 1 aromatic rings. The van der Waals surface area contributed by atoms with Crippen molar-refractivity contribution in [1.29, 1.82) is 0 Å². The van der Waals surface area contributed by atoms with Crippen molar-refractivity contribution in [3.8, 4) is 0 Å². The Balaban J connectivity index is 3.48. The fourth-order valence-electron chi connectivity index (χ4n) is 1.39. The number of rotatable bonds is 3. The molecule has 0 saturated heterocycles. The summed E-state index contributed by atoms with van der Waals surface area (Å²) in [4.78, 5) is 10.3. The van der Waals surface area contributed by atoms with Crippen molar-refractivity contribution in [2.24, 2.45) is 0 Å². The lowest BCUT2D eigenvalue weighted by atomic mass is 10.1. The Kier molecular flexibility index (Phi) is 2.86. The number of nitrogens with one attached hydrogen (secondary N) is 1. The first-order valence-electron chi connectivity index (χ1n) is 4.20. The first-order valence-corrected chi connectivity index (χ1v) is 4.20. The van der Waals surface area contributed by atoms with Gasteiger partial charge in [0.2, 0.25) is 0 Å². The summed E-state index contributed by atoms with van der Waals surface area (Å²) < 4.78 is 0. The van der Waals surface area contributed by atoms with Crippen molar-refractivity contribution in [1.82, 2.24) is 0 Å². The molecule has 0 spiro atoms. The van der Waals surface area contributed by atoms with Crippen LogP contribution in [0.1, 0.15) is 11.1 Å². The zero-order chi connectivity index (χ0) is 10.7. The summed E-state index contributed by atoms with van der Waals surface area (Å²) in [6, 6.07) is 3.21. The lowest BCUT2D eigenvalue weighted by molar-refractivity contribution is -0.384. The Labute approximate surface area is 82.4 Å². The summed E-state index contributed by atoms with van der Waals surface area (Å²) in [5, 5.41) is 13.5. The van der Waals surface area contributed by atoms with Gasteiger partial charge in [-0.1, -0.05) is 18.7 Å². The molecular weight excluding hydrogens is 180 g/mol. The van der Waals surface area contributed by atoms with Gasteiger partial charge in [-0.3, -0.25) is 10.1 Å². The highest BCUT2D eigenvalue weighted by atomic mass is 16.6. The average Bonchev–Trinajstić information content (AvgIpc) is 2.16. The Morgan fingerprint density at radius 1 is 1.57 bits per heavy atom. The van der Waals surface area contributed by atoms with Crippen molar-refractivity contribution in [3.05, 3.63) is 40.0 Å². The van der Waals surface area contributed by atoms with Crippen molar-refractivity contribution >= 4 is 17.5 Å². The summed E-state index contributed by atoms with van der Waals surface area (Å²) >= 11 is 0. The van der Waals surface area contributed by atoms with Gasteiger partial charge in [-0.05, 0) is 12.5 Å². The maximum atomic E-state index is 10.7. The van der Waals surface area contributed by atoms with Gasteiger partial charge in [0.15, 0.2) is 0 Å². The first-order chi connectivity index (χ1) is 6.61. The normalized spacial score (nSPS) is 9.57. The SMILES string of the molecule is C=Cc1c(C)ccc([N+](=O)[O-])c1NC. The molecule has 4 heteroatoms. The van der Waals surface area contributed by atoms with E-state index in [1.807, 2.05) is 6.92 Å². The molecule has 0 fully saturated rings.